The Hall–Kier alpha value is -2.74. The molecule has 8 heteroatoms. The standard InChI is InChI=1S/C17H18N4O3S/c1-3-4-8-18-16(22)15-11(2)20-10-14(19-17(20)25-15)12-6-5-7-13(9-12)21(23)24/h5-7,9-10H,3-4,8H2,1-2H3,(H,18,22). The van der Waals surface area contributed by atoms with E-state index >= 15 is 0 Å². The van der Waals surface area contributed by atoms with Gasteiger partial charge in [-0.05, 0) is 13.3 Å². The first-order chi connectivity index (χ1) is 12.0. The maximum absolute atomic E-state index is 12.3. The lowest BCUT2D eigenvalue weighted by Crippen LogP contribution is -2.24. The van der Waals surface area contributed by atoms with Gasteiger partial charge in [0.05, 0.1) is 10.6 Å². The molecule has 0 unspecified atom stereocenters. The SMILES string of the molecule is CCCCNC(=O)c1sc2nc(-c3cccc([N+](=O)[O-])c3)cn2c1C. The Morgan fingerprint density at radius 1 is 1.44 bits per heavy atom. The van der Waals surface area contributed by atoms with Crippen LogP contribution in [0, 0.1) is 17.0 Å². The number of hydrogen-bond donors (Lipinski definition) is 1. The van der Waals surface area contributed by atoms with Gasteiger partial charge in [-0.3, -0.25) is 19.3 Å². The van der Waals surface area contributed by atoms with Crippen LogP contribution in [0.5, 0.6) is 0 Å². The van der Waals surface area contributed by atoms with E-state index in [0.29, 0.717) is 27.6 Å². The largest absolute Gasteiger partial charge is 0.351 e. The van der Waals surface area contributed by atoms with E-state index in [1.54, 1.807) is 12.1 Å². The number of non-ortho nitro benzene ring substituents is 1. The van der Waals surface area contributed by atoms with Gasteiger partial charge >= 0.3 is 0 Å². The normalized spacial score (nSPS) is 11.0. The third-order valence-corrected chi connectivity index (χ3v) is 5.09. The first kappa shape index (κ1) is 17.1. The molecule has 0 bridgehead atoms. The van der Waals surface area contributed by atoms with Gasteiger partial charge in [0.15, 0.2) is 4.96 Å². The van der Waals surface area contributed by atoms with Crippen molar-refractivity contribution in [2.45, 2.75) is 26.7 Å². The molecule has 2 aromatic heterocycles. The van der Waals surface area contributed by atoms with E-state index in [0.717, 1.165) is 18.5 Å². The number of rotatable bonds is 6. The van der Waals surface area contributed by atoms with Crippen LogP contribution in [0.15, 0.2) is 30.5 Å². The molecular weight excluding hydrogens is 340 g/mol. The summed E-state index contributed by atoms with van der Waals surface area (Å²) in [6.07, 6.45) is 3.78. The van der Waals surface area contributed by atoms with Gasteiger partial charge in [0.2, 0.25) is 0 Å². The number of aromatic nitrogens is 2. The Balaban J connectivity index is 1.91. The lowest BCUT2D eigenvalue weighted by Gasteiger charge is -2.02. The summed E-state index contributed by atoms with van der Waals surface area (Å²) in [4.78, 5) is 28.6. The van der Waals surface area contributed by atoms with Crippen molar-refractivity contribution in [3.05, 3.63) is 51.1 Å². The molecule has 0 atom stereocenters. The topological polar surface area (TPSA) is 89.5 Å². The number of thiazole rings is 1. The van der Waals surface area contributed by atoms with Crippen LogP contribution in [-0.4, -0.2) is 26.8 Å². The molecule has 0 aliphatic heterocycles. The zero-order chi connectivity index (χ0) is 18.0. The molecule has 0 aliphatic rings. The summed E-state index contributed by atoms with van der Waals surface area (Å²) in [6, 6.07) is 6.37. The van der Waals surface area contributed by atoms with Crippen molar-refractivity contribution in [2.75, 3.05) is 6.54 Å². The van der Waals surface area contributed by atoms with Gasteiger partial charge in [0, 0.05) is 36.1 Å². The minimum Gasteiger partial charge on any atom is -0.351 e. The van der Waals surface area contributed by atoms with Crippen molar-refractivity contribution in [3.8, 4) is 11.3 Å². The van der Waals surface area contributed by atoms with Gasteiger partial charge in [-0.25, -0.2) is 4.98 Å². The summed E-state index contributed by atoms with van der Waals surface area (Å²) in [5.41, 5.74) is 2.18. The lowest BCUT2D eigenvalue weighted by molar-refractivity contribution is -0.384. The van der Waals surface area contributed by atoms with Gasteiger partial charge in [0.1, 0.15) is 4.88 Å². The number of nitrogens with zero attached hydrogens (tertiary/aromatic N) is 3. The number of fused-ring (bicyclic) bond motifs is 1. The summed E-state index contributed by atoms with van der Waals surface area (Å²) in [5.74, 6) is -0.0849. The fourth-order valence-electron chi connectivity index (χ4n) is 2.54. The number of imidazole rings is 1. The highest BCUT2D eigenvalue weighted by molar-refractivity contribution is 7.19. The second kappa shape index (κ2) is 7.02. The van der Waals surface area contributed by atoms with Crippen LogP contribution in [0.4, 0.5) is 5.69 Å². The lowest BCUT2D eigenvalue weighted by atomic mass is 10.1. The van der Waals surface area contributed by atoms with E-state index in [4.69, 9.17) is 0 Å². The highest BCUT2D eigenvalue weighted by Crippen LogP contribution is 2.28. The molecule has 3 rings (SSSR count). The molecule has 7 nitrogen and oxygen atoms in total. The number of nitro groups is 1. The molecule has 0 spiro atoms. The second-order valence-corrected chi connectivity index (χ2v) is 6.69. The maximum Gasteiger partial charge on any atom is 0.270 e. The van der Waals surface area contributed by atoms with Crippen LogP contribution in [-0.2, 0) is 0 Å². The van der Waals surface area contributed by atoms with E-state index in [-0.39, 0.29) is 11.6 Å². The maximum atomic E-state index is 12.3. The Bertz CT molecular complexity index is 945. The Morgan fingerprint density at radius 3 is 2.92 bits per heavy atom. The van der Waals surface area contributed by atoms with Crippen LogP contribution in [0.25, 0.3) is 16.2 Å². The molecule has 130 valence electrons. The van der Waals surface area contributed by atoms with Crippen molar-refractivity contribution in [1.29, 1.82) is 0 Å². The predicted molar refractivity (Wildman–Crippen MR) is 97.1 cm³/mol. The van der Waals surface area contributed by atoms with Crippen LogP contribution >= 0.6 is 11.3 Å². The third kappa shape index (κ3) is 3.39. The van der Waals surface area contributed by atoms with Crippen molar-refractivity contribution in [1.82, 2.24) is 14.7 Å². The van der Waals surface area contributed by atoms with Gasteiger partial charge in [-0.1, -0.05) is 36.8 Å². The number of carbonyl (C=O) groups is 1. The molecule has 0 saturated carbocycles. The van der Waals surface area contributed by atoms with Gasteiger partial charge < -0.3 is 5.32 Å². The summed E-state index contributed by atoms with van der Waals surface area (Å²) < 4.78 is 1.85. The number of aryl methyl sites for hydroxylation is 1. The number of benzene rings is 1. The molecule has 0 radical (unpaired) electrons. The van der Waals surface area contributed by atoms with E-state index < -0.39 is 4.92 Å². The van der Waals surface area contributed by atoms with Crippen LogP contribution in [0.1, 0.15) is 35.1 Å². The van der Waals surface area contributed by atoms with Crippen molar-refractivity contribution < 1.29 is 9.72 Å². The molecular formula is C17H18N4O3S. The number of carbonyl (C=O) groups excluding carboxylic acids is 1. The monoisotopic (exact) mass is 358 g/mol. The summed E-state index contributed by atoms with van der Waals surface area (Å²) in [5, 5.41) is 13.8. The van der Waals surface area contributed by atoms with E-state index in [9.17, 15) is 14.9 Å². The van der Waals surface area contributed by atoms with Gasteiger partial charge in [0.25, 0.3) is 11.6 Å². The average Bonchev–Trinajstić information content (AvgIpc) is 3.15. The summed E-state index contributed by atoms with van der Waals surface area (Å²) >= 11 is 1.32. The molecule has 25 heavy (non-hydrogen) atoms. The predicted octanol–water partition coefficient (Wildman–Crippen LogP) is 3.81. The summed E-state index contributed by atoms with van der Waals surface area (Å²) in [7, 11) is 0. The molecule has 1 aromatic carbocycles. The quantitative estimate of drug-likeness (QED) is 0.412. The van der Waals surface area contributed by atoms with Gasteiger partial charge in [-0.15, -0.1) is 0 Å². The first-order valence-electron chi connectivity index (χ1n) is 8.02. The van der Waals surface area contributed by atoms with E-state index in [1.165, 1.54) is 23.5 Å². The number of nitro benzene ring substituents is 1. The zero-order valence-corrected chi connectivity index (χ0v) is 14.8. The molecule has 1 amide bonds. The molecule has 0 fully saturated rings. The number of hydrogen-bond acceptors (Lipinski definition) is 5. The highest BCUT2D eigenvalue weighted by Gasteiger charge is 2.18. The number of nitrogens with one attached hydrogen (secondary N) is 1. The fourth-order valence-corrected chi connectivity index (χ4v) is 3.56. The Kier molecular flexibility index (Phi) is 4.80. The minimum atomic E-state index is -0.425. The van der Waals surface area contributed by atoms with Crippen molar-refractivity contribution in [3.63, 3.8) is 0 Å². The molecule has 3 aromatic rings. The fraction of sp³-hybridized carbons (Fsp3) is 0.294. The third-order valence-electron chi connectivity index (χ3n) is 3.93. The molecule has 0 aliphatic carbocycles. The van der Waals surface area contributed by atoms with E-state index in [1.807, 2.05) is 17.5 Å². The van der Waals surface area contributed by atoms with Crippen LogP contribution in [0.2, 0.25) is 0 Å². The van der Waals surface area contributed by atoms with Crippen LogP contribution in [0.3, 0.4) is 0 Å². The number of amides is 1. The highest BCUT2D eigenvalue weighted by atomic mass is 32.1. The Morgan fingerprint density at radius 2 is 2.24 bits per heavy atom. The van der Waals surface area contributed by atoms with Crippen molar-refractivity contribution in [2.24, 2.45) is 0 Å². The average molecular weight is 358 g/mol. The molecule has 2 heterocycles. The second-order valence-electron chi connectivity index (χ2n) is 5.71. The van der Waals surface area contributed by atoms with Gasteiger partial charge in [-0.2, -0.15) is 0 Å². The van der Waals surface area contributed by atoms with E-state index in [2.05, 4.69) is 17.2 Å². The number of unbranched alkanes of at least 4 members (excludes halogenated alkanes) is 1. The van der Waals surface area contributed by atoms with Crippen LogP contribution < -0.4 is 5.32 Å². The minimum absolute atomic E-state index is 0.0292. The zero-order valence-electron chi connectivity index (χ0n) is 14.0. The molecule has 0 saturated heterocycles. The van der Waals surface area contributed by atoms with Crippen molar-refractivity contribution >= 4 is 27.9 Å². The molecule has 1 N–H and O–H groups in total. The smallest absolute Gasteiger partial charge is 0.270 e. The first-order valence-corrected chi connectivity index (χ1v) is 8.84. The summed E-state index contributed by atoms with van der Waals surface area (Å²) in [6.45, 7) is 4.61. The Labute approximate surface area is 148 Å².